The first-order valence-corrected chi connectivity index (χ1v) is 5.00. The molecule has 2 nitrogen and oxygen atoms in total. The Hall–Kier alpha value is -0.800. The van der Waals surface area contributed by atoms with Gasteiger partial charge in [-0.25, -0.2) is 0 Å². The van der Waals surface area contributed by atoms with Crippen LogP contribution in [0.5, 0.6) is 0 Å². The number of hydrogen-bond acceptors (Lipinski definition) is 1. The first-order valence-electron chi connectivity index (χ1n) is 4.21. The number of halogens is 1. The highest BCUT2D eigenvalue weighted by Gasteiger charge is 2.05. The van der Waals surface area contributed by atoms with Crippen LogP contribution in [0.2, 0.25) is 0 Å². The molecule has 1 aromatic carbocycles. The molecule has 0 saturated heterocycles. The van der Waals surface area contributed by atoms with Crippen molar-refractivity contribution in [3.63, 3.8) is 0 Å². The third-order valence-corrected chi connectivity index (χ3v) is 2.78. The minimum Gasteiger partial charge on any atom is -0.356 e. The van der Waals surface area contributed by atoms with Crippen LogP contribution < -0.4 is 5.73 Å². The zero-order chi connectivity index (χ0) is 9.42. The van der Waals surface area contributed by atoms with E-state index < -0.39 is 0 Å². The van der Waals surface area contributed by atoms with Gasteiger partial charge in [0.15, 0.2) is 0 Å². The molecular weight excluding hydrogens is 228 g/mol. The minimum atomic E-state index is 0.0549. The zero-order valence-corrected chi connectivity index (χ0v) is 8.93. The number of para-hydroxylation sites is 1. The molecule has 0 amide bonds. The van der Waals surface area contributed by atoms with Gasteiger partial charge in [0.2, 0.25) is 0 Å². The van der Waals surface area contributed by atoms with E-state index in [2.05, 4.69) is 33.0 Å². The fourth-order valence-electron chi connectivity index (χ4n) is 1.39. The lowest BCUT2D eigenvalue weighted by atomic mass is 10.2. The quantitative estimate of drug-likeness (QED) is 0.789. The van der Waals surface area contributed by atoms with Crippen molar-refractivity contribution in [2.45, 2.75) is 13.0 Å². The van der Waals surface area contributed by atoms with Gasteiger partial charge < -0.3 is 10.7 Å². The van der Waals surface area contributed by atoms with Crippen molar-refractivity contribution in [3.8, 4) is 0 Å². The standard InChI is InChI=1S/C10H11BrN2/c1-6(12)9-5-7-3-2-4-8(11)10(7)13-9/h2-6,13H,12H2,1H3/t6-/m1/s1. The number of benzene rings is 1. The fraction of sp³-hybridized carbons (Fsp3) is 0.200. The highest BCUT2D eigenvalue weighted by atomic mass is 79.9. The van der Waals surface area contributed by atoms with Crippen molar-refractivity contribution < 1.29 is 0 Å². The molecule has 3 N–H and O–H groups in total. The summed E-state index contributed by atoms with van der Waals surface area (Å²) in [6, 6.07) is 8.25. The van der Waals surface area contributed by atoms with Crippen LogP contribution in [0.15, 0.2) is 28.7 Å². The second kappa shape index (κ2) is 3.16. The van der Waals surface area contributed by atoms with E-state index in [0.29, 0.717) is 0 Å². The van der Waals surface area contributed by atoms with Crippen molar-refractivity contribution in [1.82, 2.24) is 4.98 Å². The van der Waals surface area contributed by atoms with Crippen LogP contribution in [-0.2, 0) is 0 Å². The Balaban J connectivity index is 2.68. The Labute approximate surface area is 85.3 Å². The van der Waals surface area contributed by atoms with E-state index in [0.717, 1.165) is 15.7 Å². The summed E-state index contributed by atoms with van der Waals surface area (Å²) in [6.45, 7) is 1.97. The largest absolute Gasteiger partial charge is 0.356 e. The normalized spacial score (nSPS) is 13.5. The molecule has 3 heteroatoms. The molecule has 0 fully saturated rings. The van der Waals surface area contributed by atoms with Crippen LogP contribution in [0.1, 0.15) is 18.7 Å². The molecule has 0 saturated carbocycles. The lowest BCUT2D eigenvalue weighted by molar-refractivity contribution is 0.792. The molecule has 0 aliphatic heterocycles. The maximum Gasteiger partial charge on any atom is 0.0600 e. The van der Waals surface area contributed by atoms with E-state index in [1.807, 2.05) is 19.1 Å². The van der Waals surface area contributed by atoms with Gasteiger partial charge in [0.05, 0.1) is 5.52 Å². The van der Waals surface area contributed by atoms with Crippen molar-refractivity contribution in [3.05, 3.63) is 34.4 Å². The average molecular weight is 239 g/mol. The molecule has 1 aromatic heterocycles. The molecule has 2 aromatic rings. The first-order chi connectivity index (χ1) is 6.18. The Kier molecular flexibility index (Phi) is 2.14. The number of H-pyrrole nitrogens is 1. The summed E-state index contributed by atoms with van der Waals surface area (Å²) in [5.41, 5.74) is 7.97. The number of aromatic nitrogens is 1. The van der Waals surface area contributed by atoms with Crippen molar-refractivity contribution in [1.29, 1.82) is 0 Å². The van der Waals surface area contributed by atoms with Gasteiger partial charge in [0.25, 0.3) is 0 Å². The van der Waals surface area contributed by atoms with E-state index in [1.54, 1.807) is 0 Å². The summed E-state index contributed by atoms with van der Waals surface area (Å²) in [6.07, 6.45) is 0. The molecule has 0 aliphatic rings. The van der Waals surface area contributed by atoms with Gasteiger partial charge in [0, 0.05) is 21.6 Å². The van der Waals surface area contributed by atoms with Crippen molar-refractivity contribution in [2.24, 2.45) is 5.73 Å². The van der Waals surface area contributed by atoms with E-state index >= 15 is 0 Å². The fourth-order valence-corrected chi connectivity index (χ4v) is 1.87. The third-order valence-electron chi connectivity index (χ3n) is 2.12. The number of hydrogen-bond donors (Lipinski definition) is 2. The molecule has 13 heavy (non-hydrogen) atoms. The van der Waals surface area contributed by atoms with Gasteiger partial charge in [0.1, 0.15) is 0 Å². The van der Waals surface area contributed by atoms with Gasteiger partial charge in [-0.05, 0) is 35.0 Å². The van der Waals surface area contributed by atoms with Crippen LogP contribution >= 0.6 is 15.9 Å². The molecular formula is C10H11BrN2. The summed E-state index contributed by atoms with van der Waals surface area (Å²) in [5.74, 6) is 0. The van der Waals surface area contributed by atoms with Crippen molar-refractivity contribution >= 4 is 26.8 Å². The van der Waals surface area contributed by atoms with E-state index in [-0.39, 0.29) is 6.04 Å². The molecule has 68 valence electrons. The van der Waals surface area contributed by atoms with Crippen LogP contribution in [0, 0.1) is 0 Å². The summed E-state index contributed by atoms with van der Waals surface area (Å²) in [4.78, 5) is 3.29. The molecule has 1 heterocycles. The number of rotatable bonds is 1. The number of nitrogens with one attached hydrogen (secondary N) is 1. The SMILES string of the molecule is C[C@@H](N)c1cc2cccc(Br)c2[nH]1. The second-order valence-electron chi connectivity index (χ2n) is 3.22. The van der Waals surface area contributed by atoms with E-state index in [9.17, 15) is 0 Å². The van der Waals surface area contributed by atoms with Crippen LogP contribution in [-0.4, -0.2) is 4.98 Å². The predicted molar refractivity (Wildman–Crippen MR) is 58.6 cm³/mol. The Bertz CT molecular complexity index is 431. The van der Waals surface area contributed by atoms with Crippen molar-refractivity contribution in [2.75, 3.05) is 0 Å². The van der Waals surface area contributed by atoms with E-state index in [4.69, 9.17) is 5.73 Å². The predicted octanol–water partition coefficient (Wildman–Crippen LogP) is 2.95. The third kappa shape index (κ3) is 1.49. The van der Waals surface area contributed by atoms with Crippen LogP contribution in [0.3, 0.4) is 0 Å². The zero-order valence-electron chi connectivity index (χ0n) is 7.34. The summed E-state index contributed by atoms with van der Waals surface area (Å²) < 4.78 is 1.08. The average Bonchev–Trinajstić information content (AvgIpc) is 2.49. The van der Waals surface area contributed by atoms with Gasteiger partial charge in [-0.3, -0.25) is 0 Å². The lowest BCUT2D eigenvalue weighted by Crippen LogP contribution is -2.04. The smallest absolute Gasteiger partial charge is 0.0600 e. The van der Waals surface area contributed by atoms with Crippen LogP contribution in [0.25, 0.3) is 10.9 Å². The van der Waals surface area contributed by atoms with E-state index in [1.165, 1.54) is 5.39 Å². The van der Waals surface area contributed by atoms with Crippen LogP contribution in [0.4, 0.5) is 0 Å². The van der Waals surface area contributed by atoms with Gasteiger partial charge >= 0.3 is 0 Å². The summed E-state index contributed by atoms with van der Waals surface area (Å²) in [7, 11) is 0. The number of nitrogens with two attached hydrogens (primary N) is 1. The number of fused-ring (bicyclic) bond motifs is 1. The Morgan fingerprint density at radius 3 is 2.85 bits per heavy atom. The maximum atomic E-state index is 5.78. The Morgan fingerprint density at radius 2 is 2.23 bits per heavy atom. The highest BCUT2D eigenvalue weighted by molar-refractivity contribution is 9.10. The minimum absolute atomic E-state index is 0.0549. The molecule has 0 bridgehead atoms. The maximum absolute atomic E-state index is 5.78. The topological polar surface area (TPSA) is 41.8 Å². The van der Waals surface area contributed by atoms with Gasteiger partial charge in [-0.2, -0.15) is 0 Å². The summed E-state index contributed by atoms with van der Waals surface area (Å²) >= 11 is 3.49. The Morgan fingerprint density at radius 1 is 1.46 bits per heavy atom. The lowest BCUT2D eigenvalue weighted by Gasteiger charge is -1.98. The monoisotopic (exact) mass is 238 g/mol. The highest BCUT2D eigenvalue weighted by Crippen LogP contribution is 2.25. The molecule has 0 spiro atoms. The molecule has 0 aliphatic carbocycles. The second-order valence-corrected chi connectivity index (χ2v) is 4.07. The summed E-state index contributed by atoms with van der Waals surface area (Å²) in [5, 5.41) is 1.20. The first kappa shape index (κ1) is 8.78. The number of aromatic amines is 1. The van der Waals surface area contributed by atoms with Gasteiger partial charge in [-0.15, -0.1) is 0 Å². The molecule has 2 rings (SSSR count). The molecule has 1 atom stereocenters. The molecule has 0 unspecified atom stereocenters. The molecule has 0 radical (unpaired) electrons. The van der Waals surface area contributed by atoms with Gasteiger partial charge in [-0.1, -0.05) is 12.1 Å².